The molecular weight excluding hydrogens is 258 g/mol. The van der Waals surface area contributed by atoms with E-state index < -0.39 is 0 Å². The molecule has 3 atom stereocenters. The van der Waals surface area contributed by atoms with Gasteiger partial charge in [-0.05, 0) is 63.8 Å². The van der Waals surface area contributed by atoms with E-state index >= 15 is 0 Å². The third-order valence-electron chi connectivity index (χ3n) is 5.27. The van der Waals surface area contributed by atoms with Crippen LogP contribution in [-0.2, 0) is 0 Å². The number of Topliss-reactive ketones (excluding diaryl/α,β-unsaturated/α-hetero) is 1. The van der Waals surface area contributed by atoms with Gasteiger partial charge in [-0.3, -0.25) is 9.69 Å². The van der Waals surface area contributed by atoms with Crippen LogP contribution in [0.3, 0.4) is 0 Å². The van der Waals surface area contributed by atoms with Crippen molar-refractivity contribution in [3.05, 3.63) is 34.9 Å². The zero-order chi connectivity index (χ0) is 15.6. The van der Waals surface area contributed by atoms with E-state index in [1.54, 1.807) is 0 Å². The number of likely N-dealkylation sites (N-methyl/N-ethyl adjacent to an activating group) is 1. The summed E-state index contributed by atoms with van der Waals surface area (Å²) in [5.41, 5.74) is 3.29. The van der Waals surface area contributed by atoms with Crippen LogP contribution in [0.1, 0.15) is 61.0 Å². The van der Waals surface area contributed by atoms with Gasteiger partial charge in [-0.15, -0.1) is 0 Å². The molecule has 2 rings (SSSR count). The van der Waals surface area contributed by atoms with E-state index in [4.69, 9.17) is 0 Å². The van der Waals surface area contributed by atoms with Crippen LogP contribution >= 0.6 is 0 Å². The Morgan fingerprint density at radius 3 is 2.57 bits per heavy atom. The van der Waals surface area contributed by atoms with Crippen LogP contribution in [0.25, 0.3) is 0 Å². The molecule has 0 aliphatic heterocycles. The molecule has 116 valence electrons. The molecule has 0 radical (unpaired) electrons. The zero-order valence-corrected chi connectivity index (χ0v) is 14.1. The maximum atomic E-state index is 12.7. The van der Waals surface area contributed by atoms with Crippen molar-refractivity contribution in [3.63, 3.8) is 0 Å². The lowest BCUT2D eigenvalue weighted by Crippen LogP contribution is -2.44. The zero-order valence-electron chi connectivity index (χ0n) is 14.1. The molecule has 0 N–H and O–H groups in total. The van der Waals surface area contributed by atoms with Crippen LogP contribution in [0.2, 0.25) is 0 Å². The topological polar surface area (TPSA) is 20.3 Å². The van der Waals surface area contributed by atoms with Gasteiger partial charge in [-0.1, -0.05) is 31.9 Å². The summed E-state index contributed by atoms with van der Waals surface area (Å²) in [4.78, 5) is 15.0. The fourth-order valence-corrected chi connectivity index (χ4v) is 3.41. The van der Waals surface area contributed by atoms with Gasteiger partial charge in [0.15, 0.2) is 5.78 Å². The average Bonchev–Trinajstić information content (AvgIpc) is 2.47. The van der Waals surface area contributed by atoms with Gasteiger partial charge >= 0.3 is 0 Å². The highest BCUT2D eigenvalue weighted by atomic mass is 16.1. The van der Waals surface area contributed by atoms with Crippen molar-refractivity contribution in [1.82, 2.24) is 4.90 Å². The molecule has 0 spiro atoms. The second kappa shape index (κ2) is 6.74. The monoisotopic (exact) mass is 287 g/mol. The maximum absolute atomic E-state index is 12.7. The van der Waals surface area contributed by atoms with Gasteiger partial charge in [0.25, 0.3) is 0 Å². The molecule has 2 heteroatoms. The van der Waals surface area contributed by atoms with Gasteiger partial charge in [0.05, 0.1) is 6.04 Å². The van der Waals surface area contributed by atoms with E-state index in [1.165, 1.54) is 36.8 Å². The SMILES string of the molecule is Cc1ccc(C(=O)C(C)N(C)C2CCCC(C)C2)cc1C. The van der Waals surface area contributed by atoms with Crippen molar-refractivity contribution in [2.45, 2.75) is 65.5 Å². The van der Waals surface area contributed by atoms with Crippen LogP contribution in [0.15, 0.2) is 18.2 Å². The summed E-state index contributed by atoms with van der Waals surface area (Å²) in [5.74, 6) is 1.04. The first-order valence-corrected chi connectivity index (χ1v) is 8.23. The molecule has 21 heavy (non-hydrogen) atoms. The van der Waals surface area contributed by atoms with Gasteiger partial charge in [0.2, 0.25) is 0 Å². The summed E-state index contributed by atoms with van der Waals surface area (Å²) >= 11 is 0. The number of carbonyl (C=O) groups is 1. The maximum Gasteiger partial charge on any atom is 0.179 e. The lowest BCUT2D eigenvalue weighted by Gasteiger charge is -2.37. The largest absolute Gasteiger partial charge is 0.294 e. The van der Waals surface area contributed by atoms with Crippen molar-refractivity contribution in [3.8, 4) is 0 Å². The summed E-state index contributed by atoms with van der Waals surface area (Å²) in [5, 5.41) is 0. The summed E-state index contributed by atoms with van der Waals surface area (Å²) in [6.07, 6.45) is 5.08. The van der Waals surface area contributed by atoms with Crippen LogP contribution in [0.4, 0.5) is 0 Å². The highest BCUT2D eigenvalue weighted by molar-refractivity contribution is 6.00. The van der Waals surface area contributed by atoms with Crippen molar-refractivity contribution in [2.24, 2.45) is 5.92 Å². The molecule has 1 fully saturated rings. The van der Waals surface area contributed by atoms with E-state index in [1.807, 2.05) is 12.1 Å². The van der Waals surface area contributed by atoms with E-state index in [2.05, 4.69) is 45.7 Å². The second-order valence-corrected chi connectivity index (χ2v) is 6.93. The lowest BCUT2D eigenvalue weighted by atomic mass is 9.85. The van der Waals surface area contributed by atoms with Crippen LogP contribution in [0.5, 0.6) is 0 Å². The van der Waals surface area contributed by atoms with E-state index in [9.17, 15) is 4.79 Å². The molecule has 1 saturated carbocycles. The fraction of sp³-hybridized carbons (Fsp3) is 0.632. The number of hydrogen-bond donors (Lipinski definition) is 0. The first-order valence-electron chi connectivity index (χ1n) is 8.23. The van der Waals surface area contributed by atoms with Crippen LogP contribution in [-0.4, -0.2) is 29.8 Å². The number of nitrogens with zero attached hydrogens (tertiary/aromatic N) is 1. The average molecular weight is 287 g/mol. The van der Waals surface area contributed by atoms with Crippen LogP contribution < -0.4 is 0 Å². The number of aryl methyl sites for hydroxylation is 2. The third kappa shape index (κ3) is 3.74. The minimum absolute atomic E-state index is 0.0394. The predicted octanol–water partition coefficient (Wildman–Crippen LogP) is 4.39. The molecular formula is C19H29NO. The molecule has 1 aliphatic carbocycles. The van der Waals surface area contributed by atoms with Crippen molar-refractivity contribution in [2.75, 3.05) is 7.05 Å². The Labute approximate surface area is 129 Å². The molecule has 0 heterocycles. The smallest absolute Gasteiger partial charge is 0.179 e. The number of rotatable bonds is 4. The minimum Gasteiger partial charge on any atom is -0.294 e. The molecule has 1 aromatic rings. The predicted molar refractivity (Wildman–Crippen MR) is 88.9 cm³/mol. The van der Waals surface area contributed by atoms with Crippen molar-refractivity contribution >= 4 is 5.78 Å². The molecule has 0 saturated heterocycles. The summed E-state index contributed by atoms with van der Waals surface area (Å²) in [7, 11) is 2.12. The second-order valence-electron chi connectivity index (χ2n) is 6.93. The normalized spacial score (nSPS) is 24.1. The number of ketones is 1. The highest BCUT2D eigenvalue weighted by Gasteiger charge is 2.28. The molecule has 0 amide bonds. The minimum atomic E-state index is -0.0394. The molecule has 2 nitrogen and oxygen atoms in total. The van der Waals surface area contributed by atoms with Gasteiger partial charge < -0.3 is 0 Å². The number of hydrogen-bond acceptors (Lipinski definition) is 2. The number of benzene rings is 1. The molecule has 1 aromatic carbocycles. The summed E-state index contributed by atoms with van der Waals surface area (Å²) in [6.45, 7) is 8.54. The third-order valence-corrected chi connectivity index (χ3v) is 5.27. The molecule has 1 aliphatic rings. The Morgan fingerprint density at radius 1 is 1.24 bits per heavy atom. The van der Waals surface area contributed by atoms with Crippen molar-refractivity contribution in [1.29, 1.82) is 0 Å². The first-order chi connectivity index (χ1) is 9.90. The lowest BCUT2D eigenvalue weighted by molar-refractivity contribution is 0.0747. The quantitative estimate of drug-likeness (QED) is 0.766. The van der Waals surface area contributed by atoms with Gasteiger partial charge in [0, 0.05) is 11.6 Å². The highest BCUT2D eigenvalue weighted by Crippen LogP contribution is 2.28. The first kappa shape index (κ1) is 16.2. The van der Waals surface area contributed by atoms with E-state index in [0.29, 0.717) is 6.04 Å². The van der Waals surface area contributed by atoms with Crippen LogP contribution in [0, 0.1) is 19.8 Å². The number of carbonyl (C=O) groups excluding carboxylic acids is 1. The Morgan fingerprint density at radius 2 is 1.95 bits per heavy atom. The van der Waals surface area contributed by atoms with Gasteiger partial charge in [0.1, 0.15) is 0 Å². The Bertz CT molecular complexity index is 508. The fourth-order valence-electron chi connectivity index (χ4n) is 3.41. The Kier molecular flexibility index (Phi) is 5.21. The molecule has 3 unspecified atom stereocenters. The molecule has 0 bridgehead atoms. The van der Waals surface area contributed by atoms with Crippen molar-refractivity contribution < 1.29 is 4.79 Å². The van der Waals surface area contributed by atoms with E-state index in [-0.39, 0.29) is 11.8 Å². The Hall–Kier alpha value is -1.15. The molecule has 0 aromatic heterocycles. The van der Waals surface area contributed by atoms with Gasteiger partial charge in [-0.25, -0.2) is 0 Å². The summed E-state index contributed by atoms with van der Waals surface area (Å²) in [6, 6.07) is 6.57. The standard InChI is InChI=1S/C19H29NO/c1-13-7-6-8-18(11-13)20(5)16(4)19(21)17-10-9-14(2)15(3)12-17/h9-10,12-13,16,18H,6-8,11H2,1-5H3. The van der Waals surface area contributed by atoms with E-state index in [0.717, 1.165) is 11.5 Å². The van der Waals surface area contributed by atoms with Gasteiger partial charge in [-0.2, -0.15) is 0 Å². The summed E-state index contributed by atoms with van der Waals surface area (Å²) < 4.78 is 0. The Balaban J connectivity index is 2.08.